The summed E-state index contributed by atoms with van der Waals surface area (Å²) >= 11 is 0. The van der Waals surface area contributed by atoms with Gasteiger partial charge in [-0.25, -0.2) is 0 Å². The summed E-state index contributed by atoms with van der Waals surface area (Å²) in [6, 6.07) is 11.7. The largest absolute Gasteiger partial charge is 0.493 e. The number of carbonyl (C=O) groups excluding carboxylic acids is 1. The predicted molar refractivity (Wildman–Crippen MR) is 75.0 cm³/mol. The van der Waals surface area contributed by atoms with E-state index in [1.807, 2.05) is 6.07 Å². The van der Waals surface area contributed by atoms with Crippen molar-refractivity contribution >= 4 is 12.1 Å². The summed E-state index contributed by atoms with van der Waals surface area (Å²) in [6.07, 6.45) is 4.05. The highest BCUT2D eigenvalue weighted by Gasteiger charge is 2.07. The maximum atomic E-state index is 11.1. The predicted octanol–water partition coefficient (Wildman–Crippen LogP) is 1.93. The number of aromatic nitrogens is 1. The minimum absolute atomic E-state index is 0.355. The number of ether oxygens (including phenoxy) is 2. The molecule has 0 spiro atoms. The van der Waals surface area contributed by atoms with Crippen molar-refractivity contribution in [2.45, 2.75) is 0 Å². The molecule has 1 aromatic heterocycles. The number of hydrogen-bond donors (Lipinski definition) is 0. The van der Waals surface area contributed by atoms with Gasteiger partial charge in [0.25, 0.3) is 0 Å². The van der Waals surface area contributed by atoms with Gasteiger partial charge in [-0.2, -0.15) is 0 Å². The highest BCUT2D eigenvalue weighted by molar-refractivity contribution is 5.74. The van der Waals surface area contributed by atoms with E-state index < -0.39 is 0 Å². The molecule has 0 bridgehead atoms. The zero-order valence-electron chi connectivity index (χ0n) is 11.2. The Labute approximate surface area is 117 Å². The smallest absolute Gasteiger partial charge is 0.214 e. The van der Waals surface area contributed by atoms with E-state index >= 15 is 0 Å². The Morgan fingerprint density at radius 3 is 3.00 bits per heavy atom. The van der Waals surface area contributed by atoms with E-state index in [1.165, 1.54) is 4.90 Å². The molecule has 5 heteroatoms. The van der Waals surface area contributed by atoms with Crippen LogP contribution in [0.25, 0.3) is 0 Å². The van der Waals surface area contributed by atoms with Crippen molar-refractivity contribution in [3.05, 3.63) is 48.8 Å². The third kappa shape index (κ3) is 3.47. The molecule has 1 heterocycles. The summed E-state index contributed by atoms with van der Waals surface area (Å²) in [5, 5.41) is 0. The highest BCUT2D eigenvalue weighted by atomic mass is 16.5. The fraction of sp³-hybridized carbons (Fsp3) is 0.200. The van der Waals surface area contributed by atoms with Crippen LogP contribution < -0.4 is 14.4 Å². The third-order valence-electron chi connectivity index (χ3n) is 2.70. The number of anilines is 1. The van der Waals surface area contributed by atoms with Gasteiger partial charge in [0, 0.05) is 6.20 Å². The second kappa shape index (κ2) is 7.13. The van der Waals surface area contributed by atoms with Gasteiger partial charge in [-0.15, -0.1) is 0 Å². The molecule has 0 fully saturated rings. The monoisotopic (exact) mass is 271 g/mol. The number of methoxy groups -OCH3 is 1. The first-order valence-electron chi connectivity index (χ1n) is 6.14. The molecule has 0 unspecified atom stereocenters. The van der Waals surface area contributed by atoms with Gasteiger partial charge in [-0.05, 0) is 30.3 Å². The van der Waals surface area contributed by atoms with Gasteiger partial charge >= 0.3 is 0 Å². The summed E-state index contributed by atoms with van der Waals surface area (Å²) in [7, 11) is 1.57. The average molecular weight is 271 g/mol. The quantitative estimate of drug-likeness (QED) is 0.722. The molecule has 5 nitrogen and oxygen atoms in total. The molecule has 1 radical (unpaired) electrons. The van der Waals surface area contributed by atoms with Gasteiger partial charge in [0.2, 0.25) is 6.41 Å². The summed E-state index contributed by atoms with van der Waals surface area (Å²) in [5.41, 5.74) is 0.736. The first kappa shape index (κ1) is 13.9. The maximum Gasteiger partial charge on any atom is 0.214 e. The number of carbonyl (C=O) groups is 1. The van der Waals surface area contributed by atoms with E-state index in [1.54, 1.807) is 43.8 Å². The van der Waals surface area contributed by atoms with E-state index in [0.29, 0.717) is 24.7 Å². The minimum atomic E-state index is 0.355. The third-order valence-corrected chi connectivity index (χ3v) is 2.70. The van der Waals surface area contributed by atoms with Crippen molar-refractivity contribution in [2.75, 3.05) is 25.2 Å². The summed E-state index contributed by atoms with van der Waals surface area (Å²) in [5.74, 6) is 1.25. The van der Waals surface area contributed by atoms with Gasteiger partial charge in [-0.3, -0.25) is 9.78 Å². The standard InChI is InChI=1S/C15H15N2O3/c1-19-14-6-2-3-7-15(14)20-10-9-17(12-18)13-5-4-8-16-11-13/h3-8,11-12H,9-10H2,1H3. The molecule has 0 aliphatic carbocycles. The van der Waals surface area contributed by atoms with Crippen LogP contribution in [0.15, 0.2) is 42.7 Å². The Morgan fingerprint density at radius 2 is 2.30 bits per heavy atom. The van der Waals surface area contributed by atoms with Crippen molar-refractivity contribution in [3.63, 3.8) is 0 Å². The normalized spacial score (nSPS) is 9.85. The molecule has 1 amide bonds. The van der Waals surface area contributed by atoms with Crippen LogP contribution in [0.1, 0.15) is 0 Å². The second-order valence-electron chi connectivity index (χ2n) is 3.94. The number of pyridine rings is 1. The Kier molecular flexibility index (Phi) is 4.94. The molecule has 0 atom stereocenters. The van der Waals surface area contributed by atoms with Crippen LogP contribution in [0.4, 0.5) is 5.69 Å². The zero-order chi connectivity index (χ0) is 14.2. The molecule has 0 saturated carbocycles. The van der Waals surface area contributed by atoms with Crippen LogP contribution in [0.5, 0.6) is 11.5 Å². The summed E-state index contributed by atoms with van der Waals surface area (Å²) in [4.78, 5) is 16.6. The van der Waals surface area contributed by atoms with E-state index in [9.17, 15) is 4.79 Å². The van der Waals surface area contributed by atoms with Crippen LogP contribution in [-0.2, 0) is 4.79 Å². The Morgan fingerprint density at radius 1 is 1.40 bits per heavy atom. The lowest BCUT2D eigenvalue weighted by atomic mass is 10.3. The van der Waals surface area contributed by atoms with Crippen molar-refractivity contribution in [3.8, 4) is 11.5 Å². The molecule has 2 rings (SSSR count). The van der Waals surface area contributed by atoms with Crippen molar-refractivity contribution in [2.24, 2.45) is 0 Å². The first-order chi connectivity index (χ1) is 9.85. The number of hydrogen-bond acceptors (Lipinski definition) is 4. The maximum absolute atomic E-state index is 11.1. The molecule has 0 aliphatic heterocycles. The van der Waals surface area contributed by atoms with Crippen LogP contribution in [0.2, 0.25) is 0 Å². The van der Waals surface area contributed by atoms with Crippen molar-refractivity contribution in [1.29, 1.82) is 0 Å². The number of benzene rings is 1. The number of nitrogens with zero attached hydrogens (tertiary/aromatic N) is 2. The van der Waals surface area contributed by atoms with Crippen LogP contribution in [-0.4, -0.2) is 31.7 Å². The fourth-order valence-electron chi connectivity index (χ4n) is 1.70. The lowest BCUT2D eigenvalue weighted by Crippen LogP contribution is -2.26. The summed E-state index contributed by atoms with van der Waals surface area (Å²) in [6.45, 7) is 0.783. The molecular formula is C15H15N2O3. The van der Waals surface area contributed by atoms with Gasteiger partial charge in [0.05, 0.1) is 25.5 Å². The van der Waals surface area contributed by atoms with E-state index in [2.05, 4.69) is 11.1 Å². The highest BCUT2D eigenvalue weighted by Crippen LogP contribution is 2.25. The molecule has 1 aromatic carbocycles. The average Bonchev–Trinajstić information content (AvgIpc) is 2.53. The lowest BCUT2D eigenvalue weighted by Gasteiger charge is -2.17. The molecule has 2 aromatic rings. The van der Waals surface area contributed by atoms with Gasteiger partial charge in [0.1, 0.15) is 6.61 Å². The summed E-state index contributed by atoms with van der Waals surface area (Å²) < 4.78 is 10.8. The second-order valence-corrected chi connectivity index (χ2v) is 3.94. The Balaban J connectivity index is 1.93. The minimum Gasteiger partial charge on any atom is -0.493 e. The van der Waals surface area contributed by atoms with Crippen LogP contribution in [0.3, 0.4) is 0 Å². The molecular weight excluding hydrogens is 256 g/mol. The van der Waals surface area contributed by atoms with Gasteiger partial charge in [-0.1, -0.05) is 6.07 Å². The lowest BCUT2D eigenvalue weighted by molar-refractivity contribution is -0.107. The zero-order valence-corrected chi connectivity index (χ0v) is 11.2. The number of amides is 1. The topological polar surface area (TPSA) is 51.7 Å². The van der Waals surface area contributed by atoms with Gasteiger partial charge in [0.15, 0.2) is 11.5 Å². The fourth-order valence-corrected chi connectivity index (χ4v) is 1.70. The number of rotatable bonds is 7. The molecule has 0 N–H and O–H groups in total. The van der Waals surface area contributed by atoms with Crippen molar-refractivity contribution in [1.82, 2.24) is 4.98 Å². The van der Waals surface area contributed by atoms with E-state index in [0.717, 1.165) is 12.1 Å². The van der Waals surface area contributed by atoms with Crippen molar-refractivity contribution < 1.29 is 14.3 Å². The van der Waals surface area contributed by atoms with Crippen LogP contribution >= 0.6 is 0 Å². The van der Waals surface area contributed by atoms with Crippen LogP contribution in [0, 0.1) is 6.07 Å². The van der Waals surface area contributed by atoms with E-state index in [4.69, 9.17) is 9.47 Å². The Hall–Kier alpha value is -2.56. The molecule has 20 heavy (non-hydrogen) atoms. The molecule has 0 aliphatic rings. The SMILES string of the molecule is COc1c[c]ccc1OCCN(C=O)c1cccnc1. The molecule has 103 valence electrons. The Bertz CT molecular complexity index is 546. The first-order valence-corrected chi connectivity index (χ1v) is 6.14. The molecule has 0 saturated heterocycles. The van der Waals surface area contributed by atoms with E-state index in [-0.39, 0.29) is 0 Å². The van der Waals surface area contributed by atoms with Gasteiger partial charge < -0.3 is 14.4 Å².